The lowest BCUT2D eigenvalue weighted by molar-refractivity contribution is 0.204. The first kappa shape index (κ1) is 23.0. The van der Waals surface area contributed by atoms with E-state index >= 15 is 0 Å². The second kappa shape index (κ2) is 9.00. The van der Waals surface area contributed by atoms with E-state index in [9.17, 15) is 22.4 Å². The minimum atomic E-state index is -3.90. The third-order valence-corrected chi connectivity index (χ3v) is 7.09. The monoisotopic (exact) mass is 493 g/mol. The predicted molar refractivity (Wildman–Crippen MR) is 123 cm³/mol. The van der Waals surface area contributed by atoms with Crippen molar-refractivity contribution in [3.8, 4) is 0 Å². The Labute approximate surface area is 194 Å². The van der Waals surface area contributed by atoms with E-state index in [1.54, 1.807) is 30.3 Å². The van der Waals surface area contributed by atoms with Crippen LogP contribution in [0.15, 0.2) is 59.6 Å². The van der Waals surface area contributed by atoms with Crippen LogP contribution in [0.1, 0.15) is 6.42 Å². The van der Waals surface area contributed by atoms with Crippen molar-refractivity contribution in [2.45, 2.75) is 23.5 Å². The fraction of sp³-hybridized carbons (Fsp3) is 0.238. The van der Waals surface area contributed by atoms with Gasteiger partial charge in [-0.15, -0.1) is 0 Å². The fourth-order valence-electron chi connectivity index (χ4n) is 3.87. The number of para-hydroxylation sites is 1. The van der Waals surface area contributed by atoms with E-state index in [1.807, 2.05) is 0 Å². The molecule has 0 bridgehead atoms. The highest BCUT2D eigenvalue weighted by Gasteiger charge is 2.36. The molecule has 3 amide bonds. The highest BCUT2D eigenvalue weighted by atomic mass is 35.5. The topological polar surface area (TPSA) is 127 Å². The van der Waals surface area contributed by atoms with Crippen LogP contribution in [0.2, 0.25) is 5.02 Å². The first-order chi connectivity index (χ1) is 15.7. The van der Waals surface area contributed by atoms with Gasteiger partial charge in [0.1, 0.15) is 6.17 Å². The summed E-state index contributed by atoms with van der Waals surface area (Å²) in [6.45, 7) is -0.365. The van der Waals surface area contributed by atoms with Crippen molar-refractivity contribution < 1.29 is 22.4 Å². The van der Waals surface area contributed by atoms with Crippen molar-refractivity contribution in [3.05, 3.63) is 59.8 Å². The molecule has 4 rings (SSSR count). The molecule has 1 aliphatic heterocycles. The van der Waals surface area contributed by atoms with Crippen LogP contribution >= 0.6 is 11.6 Å². The van der Waals surface area contributed by atoms with Crippen LogP contribution in [-0.2, 0) is 10.0 Å². The SMILES string of the molecule is NC(=O)n1cc(NC(=O)N2C[C@H](F)C[C@H]2CNS(=O)(=O)c2cccc(Cl)c2)c2ccccc21. The quantitative estimate of drug-likeness (QED) is 0.504. The Hall–Kier alpha value is -3.15. The van der Waals surface area contributed by atoms with Gasteiger partial charge in [0.25, 0.3) is 0 Å². The average Bonchev–Trinajstić information content (AvgIpc) is 3.33. The summed E-state index contributed by atoms with van der Waals surface area (Å²) < 4.78 is 43.0. The number of nitrogens with two attached hydrogens (primary N) is 1. The Balaban J connectivity index is 1.51. The van der Waals surface area contributed by atoms with Gasteiger partial charge in [-0.25, -0.2) is 27.1 Å². The number of rotatable bonds is 5. The number of hydrogen-bond acceptors (Lipinski definition) is 4. The molecule has 0 radical (unpaired) electrons. The maximum atomic E-state index is 14.2. The van der Waals surface area contributed by atoms with E-state index in [2.05, 4.69) is 10.0 Å². The van der Waals surface area contributed by atoms with Gasteiger partial charge in [0.15, 0.2) is 0 Å². The number of primary amides is 1. The summed E-state index contributed by atoms with van der Waals surface area (Å²) in [5, 5.41) is 3.53. The van der Waals surface area contributed by atoms with Gasteiger partial charge < -0.3 is 16.0 Å². The normalized spacial score (nSPS) is 18.5. The molecule has 33 heavy (non-hydrogen) atoms. The van der Waals surface area contributed by atoms with E-state index in [0.717, 1.165) is 0 Å². The van der Waals surface area contributed by atoms with Gasteiger partial charge in [-0.05, 0) is 24.3 Å². The molecule has 2 heterocycles. The van der Waals surface area contributed by atoms with Crippen molar-refractivity contribution >= 4 is 50.3 Å². The lowest BCUT2D eigenvalue weighted by atomic mass is 10.2. The van der Waals surface area contributed by atoms with E-state index in [0.29, 0.717) is 16.6 Å². The molecule has 0 saturated carbocycles. The molecule has 4 N–H and O–H groups in total. The molecule has 9 nitrogen and oxygen atoms in total. The van der Waals surface area contributed by atoms with Gasteiger partial charge >= 0.3 is 12.1 Å². The minimum absolute atomic E-state index is 0.0193. The van der Waals surface area contributed by atoms with Gasteiger partial charge in [0.05, 0.1) is 22.6 Å². The second-order valence-corrected chi connectivity index (χ2v) is 9.85. The minimum Gasteiger partial charge on any atom is -0.351 e. The molecule has 2 atom stereocenters. The molecule has 1 aliphatic rings. The molecular formula is C21H21ClFN5O4S. The number of carbonyl (C=O) groups excluding carboxylic acids is 2. The summed E-state index contributed by atoms with van der Waals surface area (Å²) in [5.74, 6) is 0. The smallest absolute Gasteiger partial charge is 0.323 e. The molecule has 0 aliphatic carbocycles. The molecule has 0 unspecified atom stereocenters. The first-order valence-electron chi connectivity index (χ1n) is 10.0. The van der Waals surface area contributed by atoms with Crippen LogP contribution in [0, 0.1) is 0 Å². The van der Waals surface area contributed by atoms with Crippen LogP contribution in [-0.4, -0.2) is 55.3 Å². The third-order valence-electron chi connectivity index (χ3n) is 5.43. The largest absolute Gasteiger partial charge is 0.351 e. The maximum Gasteiger partial charge on any atom is 0.323 e. The Morgan fingerprint density at radius 2 is 1.94 bits per heavy atom. The molecule has 0 spiro atoms. The molecule has 3 aromatic rings. The van der Waals surface area contributed by atoms with Gasteiger partial charge in [0, 0.05) is 35.6 Å². The van der Waals surface area contributed by atoms with E-state index in [1.165, 1.54) is 33.9 Å². The number of hydrogen-bond donors (Lipinski definition) is 3. The lowest BCUT2D eigenvalue weighted by Gasteiger charge is -2.24. The van der Waals surface area contributed by atoms with Crippen LogP contribution in [0.4, 0.5) is 19.7 Å². The number of alkyl halides is 1. The van der Waals surface area contributed by atoms with E-state index in [-0.39, 0.29) is 29.4 Å². The maximum absolute atomic E-state index is 14.2. The molecule has 1 aromatic heterocycles. The molecule has 1 fully saturated rings. The third kappa shape index (κ3) is 4.80. The number of likely N-dealkylation sites (tertiary alicyclic amines) is 1. The fourth-order valence-corrected chi connectivity index (χ4v) is 5.25. The Morgan fingerprint density at radius 1 is 1.18 bits per heavy atom. The van der Waals surface area contributed by atoms with Gasteiger partial charge in [0.2, 0.25) is 10.0 Å². The van der Waals surface area contributed by atoms with Gasteiger partial charge in [-0.1, -0.05) is 35.9 Å². The van der Waals surface area contributed by atoms with Crippen LogP contribution in [0.25, 0.3) is 10.9 Å². The number of sulfonamides is 1. The van der Waals surface area contributed by atoms with Crippen LogP contribution in [0.5, 0.6) is 0 Å². The number of nitrogens with one attached hydrogen (secondary N) is 2. The Kier molecular flexibility index (Phi) is 6.28. The summed E-state index contributed by atoms with van der Waals surface area (Å²) in [6.07, 6.45) is 0.0719. The standard InChI is InChI=1S/C21H21ClFN5O4S/c22-13-4-3-5-16(8-13)33(31,32)25-10-15-9-14(23)11-27(15)21(30)26-18-12-28(20(24)29)19-7-2-1-6-17(18)19/h1-8,12,14-15,25H,9-11H2,(H2,24,29)(H,26,30)/t14-,15+/m1/s1. The molecule has 2 aromatic carbocycles. The number of benzene rings is 2. The number of anilines is 1. The number of nitrogens with zero attached hydrogens (tertiary/aromatic N) is 2. The zero-order chi connectivity index (χ0) is 23.8. The summed E-state index contributed by atoms with van der Waals surface area (Å²) in [6, 6.07) is 10.6. The summed E-state index contributed by atoms with van der Waals surface area (Å²) in [4.78, 5) is 25.9. The summed E-state index contributed by atoms with van der Waals surface area (Å²) >= 11 is 5.87. The molecular weight excluding hydrogens is 473 g/mol. The van der Waals surface area contributed by atoms with Crippen molar-refractivity contribution in [1.82, 2.24) is 14.2 Å². The predicted octanol–water partition coefficient (Wildman–Crippen LogP) is 3.14. The number of fused-ring (bicyclic) bond motifs is 1. The first-order valence-corrected chi connectivity index (χ1v) is 11.9. The molecule has 12 heteroatoms. The number of urea groups is 1. The highest BCUT2D eigenvalue weighted by Crippen LogP contribution is 2.28. The zero-order valence-electron chi connectivity index (χ0n) is 17.2. The van der Waals surface area contributed by atoms with Crippen LogP contribution in [0.3, 0.4) is 0 Å². The average molecular weight is 494 g/mol. The Morgan fingerprint density at radius 3 is 2.67 bits per heavy atom. The number of carbonyl (C=O) groups is 2. The Bertz CT molecular complexity index is 1330. The molecule has 174 valence electrons. The number of halogens is 2. The van der Waals surface area contributed by atoms with Crippen molar-refractivity contribution in [2.24, 2.45) is 5.73 Å². The van der Waals surface area contributed by atoms with Crippen molar-refractivity contribution in [3.63, 3.8) is 0 Å². The highest BCUT2D eigenvalue weighted by molar-refractivity contribution is 7.89. The van der Waals surface area contributed by atoms with Gasteiger partial charge in [-0.2, -0.15) is 0 Å². The summed E-state index contributed by atoms with van der Waals surface area (Å²) in [7, 11) is -3.90. The van der Waals surface area contributed by atoms with Gasteiger partial charge in [-0.3, -0.25) is 4.57 Å². The molecule has 1 saturated heterocycles. The van der Waals surface area contributed by atoms with Crippen molar-refractivity contribution in [2.75, 3.05) is 18.4 Å². The zero-order valence-corrected chi connectivity index (χ0v) is 18.8. The summed E-state index contributed by atoms with van der Waals surface area (Å²) in [5.41, 5.74) is 6.24. The van der Waals surface area contributed by atoms with Crippen molar-refractivity contribution in [1.29, 1.82) is 0 Å². The number of amides is 3. The van der Waals surface area contributed by atoms with E-state index < -0.39 is 34.3 Å². The van der Waals surface area contributed by atoms with Crippen LogP contribution < -0.4 is 15.8 Å². The lowest BCUT2D eigenvalue weighted by Crippen LogP contribution is -2.45. The second-order valence-electron chi connectivity index (χ2n) is 7.65. The number of aromatic nitrogens is 1. The van der Waals surface area contributed by atoms with E-state index in [4.69, 9.17) is 17.3 Å².